The molecule has 2 heterocycles. The quantitative estimate of drug-likeness (QED) is 0.551. The third-order valence-electron chi connectivity index (χ3n) is 2.90. The smallest absolute Gasteiger partial charge is 0.230 e. The lowest BCUT2D eigenvalue weighted by atomic mass is 10.2. The minimum Gasteiger partial charge on any atom is -0.363 e. The molecule has 3 aromatic rings. The highest BCUT2D eigenvalue weighted by Gasteiger charge is 2.11. The van der Waals surface area contributed by atoms with Gasteiger partial charge in [0.2, 0.25) is 16.0 Å². The van der Waals surface area contributed by atoms with Crippen LogP contribution in [0.15, 0.2) is 51.8 Å². The lowest BCUT2D eigenvalue weighted by Gasteiger charge is -2.13. The zero-order valence-corrected chi connectivity index (χ0v) is 15.3. The van der Waals surface area contributed by atoms with E-state index in [4.69, 9.17) is 4.52 Å². The molecule has 0 bridgehead atoms. The molecule has 3 N–H and O–H groups in total. The molecule has 0 amide bonds. The van der Waals surface area contributed by atoms with E-state index >= 15 is 0 Å². The van der Waals surface area contributed by atoms with Crippen LogP contribution in [0.1, 0.15) is 0 Å². The van der Waals surface area contributed by atoms with Crippen molar-refractivity contribution in [3.8, 4) is 0 Å². The van der Waals surface area contributed by atoms with Crippen LogP contribution < -0.4 is 15.4 Å². The van der Waals surface area contributed by atoms with Gasteiger partial charge in [-0.15, -0.1) is 0 Å². The Hall–Kier alpha value is -2.66. The van der Waals surface area contributed by atoms with Crippen molar-refractivity contribution in [2.45, 2.75) is 0 Å². The van der Waals surface area contributed by atoms with Crippen molar-refractivity contribution in [3.05, 3.63) is 47.3 Å². The molecule has 0 radical (unpaired) electrons. The first-order chi connectivity index (χ1) is 11.9. The minimum absolute atomic E-state index is 0.299. The molecule has 0 saturated heterocycles. The van der Waals surface area contributed by atoms with Gasteiger partial charge in [0, 0.05) is 12.3 Å². The third kappa shape index (κ3) is 4.67. The molecular weight excluding hydrogens is 412 g/mol. The summed E-state index contributed by atoms with van der Waals surface area (Å²) in [6.07, 6.45) is 4.07. The molecule has 25 heavy (non-hydrogen) atoms. The topological polar surface area (TPSA) is 122 Å². The Morgan fingerprint density at radius 3 is 2.56 bits per heavy atom. The minimum atomic E-state index is -3.41. The standard InChI is InChI=1S/C14H13BrN6O3S/c1-25(22,23)21-11-5-3-2-4-10(11)17-13-9(15)8-16-14(19-13)18-12-6-7-24-20-12/h2-8,21H,1H3,(H2,16,17,18,19,20). The van der Waals surface area contributed by atoms with Crippen LogP contribution in [0.3, 0.4) is 0 Å². The van der Waals surface area contributed by atoms with E-state index in [1.54, 1.807) is 36.5 Å². The van der Waals surface area contributed by atoms with Gasteiger partial charge in [0.25, 0.3) is 0 Å². The van der Waals surface area contributed by atoms with Crippen molar-refractivity contribution in [2.75, 3.05) is 21.6 Å². The predicted octanol–water partition coefficient (Wildman–Crippen LogP) is 3.09. The number of anilines is 5. The fourth-order valence-corrected chi connectivity index (χ4v) is 2.78. The Kier molecular flexibility index (Phi) is 4.86. The Morgan fingerprint density at radius 2 is 1.88 bits per heavy atom. The maximum absolute atomic E-state index is 11.5. The van der Waals surface area contributed by atoms with Crippen LogP contribution in [0.25, 0.3) is 0 Å². The van der Waals surface area contributed by atoms with Crippen molar-refractivity contribution >= 4 is 54.9 Å². The van der Waals surface area contributed by atoms with Gasteiger partial charge in [-0.25, -0.2) is 13.4 Å². The number of nitrogens with one attached hydrogen (secondary N) is 3. The first-order valence-corrected chi connectivity index (χ1v) is 9.63. The number of hydrogen-bond acceptors (Lipinski definition) is 8. The van der Waals surface area contributed by atoms with Crippen LogP contribution in [0, 0.1) is 0 Å². The molecule has 9 nitrogen and oxygen atoms in total. The summed E-state index contributed by atoms with van der Waals surface area (Å²) in [7, 11) is -3.41. The molecule has 0 aliphatic rings. The summed E-state index contributed by atoms with van der Waals surface area (Å²) in [5, 5.41) is 9.69. The number of nitrogens with zero attached hydrogens (tertiary/aromatic N) is 3. The molecule has 0 aliphatic carbocycles. The van der Waals surface area contributed by atoms with Crippen LogP contribution >= 0.6 is 15.9 Å². The summed E-state index contributed by atoms with van der Waals surface area (Å²) >= 11 is 3.36. The first-order valence-electron chi connectivity index (χ1n) is 6.94. The van der Waals surface area contributed by atoms with Crippen molar-refractivity contribution in [3.63, 3.8) is 0 Å². The van der Waals surface area contributed by atoms with Crippen LogP contribution in [0.5, 0.6) is 0 Å². The number of sulfonamides is 1. The number of halogens is 1. The van der Waals surface area contributed by atoms with E-state index in [1.165, 1.54) is 6.26 Å². The van der Waals surface area contributed by atoms with Gasteiger partial charge in [-0.1, -0.05) is 17.3 Å². The molecule has 130 valence electrons. The average molecular weight is 425 g/mol. The molecule has 11 heteroatoms. The van der Waals surface area contributed by atoms with Crippen molar-refractivity contribution in [1.29, 1.82) is 0 Å². The molecule has 0 aliphatic heterocycles. The molecule has 1 aromatic carbocycles. The van der Waals surface area contributed by atoms with Crippen LogP contribution in [-0.4, -0.2) is 29.8 Å². The lowest BCUT2D eigenvalue weighted by molar-refractivity contribution is 0.423. The molecule has 0 saturated carbocycles. The fourth-order valence-electron chi connectivity index (χ4n) is 1.91. The molecule has 0 atom stereocenters. The van der Waals surface area contributed by atoms with E-state index in [0.29, 0.717) is 33.4 Å². The Bertz CT molecular complexity index is 978. The van der Waals surface area contributed by atoms with Gasteiger partial charge in [0.15, 0.2) is 5.82 Å². The second-order valence-electron chi connectivity index (χ2n) is 4.94. The van der Waals surface area contributed by atoms with Crippen molar-refractivity contribution in [2.24, 2.45) is 0 Å². The largest absolute Gasteiger partial charge is 0.363 e. The van der Waals surface area contributed by atoms with Crippen LogP contribution in [0.2, 0.25) is 0 Å². The Balaban J connectivity index is 1.88. The Labute approximate surface area is 152 Å². The van der Waals surface area contributed by atoms with Crippen LogP contribution in [0.4, 0.5) is 29.0 Å². The number of aromatic nitrogens is 3. The van der Waals surface area contributed by atoms with E-state index < -0.39 is 10.0 Å². The van der Waals surface area contributed by atoms with Crippen molar-refractivity contribution in [1.82, 2.24) is 15.1 Å². The SMILES string of the molecule is CS(=O)(=O)Nc1ccccc1Nc1nc(Nc2ccon2)ncc1Br. The van der Waals surface area contributed by atoms with E-state index in [2.05, 4.69) is 46.4 Å². The molecule has 0 spiro atoms. The maximum Gasteiger partial charge on any atom is 0.230 e. The van der Waals surface area contributed by atoms with Crippen LogP contribution in [-0.2, 0) is 10.0 Å². The van der Waals surface area contributed by atoms with E-state index in [1.807, 2.05) is 0 Å². The molecule has 3 rings (SSSR count). The normalized spacial score (nSPS) is 11.1. The Morgan fingerprint density at radius 1 is 1.12 bits per heavy atom. The summed E-state index contributed by atoms with van der Waals surface area (Å²) in [4.78, 5) is 8.48. The monoisotopic (exact) mass is 424 g/mol. The zero-order chi connectivity index (χ0) is 17.9. The summed E-state index contributed by atoms with van der Waals surface area (Å²) in [6, 6.07) is 8.51. The van der Waals surface area contributed by atoms with E-state index in [0.717, 1.165) is 6.26 Å². The van der Waals surface area contributed by atoms with Gasteiger partial charge in [-0.3, -0.25) is 4.72 Å². The highest BCUT2D eigenvalue weighted by molar-refractivity contribution is 9.10. The third-order valence-corrected chi connectivity index (χ3v) is 4.07. The number of hydrogen-bond donors (Lipinski definition) is 3. The first kappa shape index (κ1) is 17.2. The molecule has 2 aromatic heterocycles. The zero-order valence-electron chi connectivity index (χ0n) is 12.9. The van der Waals surface area contributed by atoms with Gasteiger partial charge < -0.3 is 15.2 Å². The molecular formula is C14H13BrN6O3S. The van der Waals surface area contributed by atoms with E-state index in [-0.39, 0.29) is 0 Å². The van der Waals surface area contributed by atoms with Gasteiger partial charge in [0.1, 0.15) is 12.1 Å². The summed E-state index contributed by atoms with van der Waals surface area (Å²) in [6.45, 7) is 0. The van der Waals surface area contributed by atoms with E-state index in [9.17, 15) is 8.42 Å². The number of para-hydroxylation sites is 2. The highest BCUT2D eigenvalue weighted by atomic mass is 79.9. The van der Waals surface area contributed by atoms with Gasteiger partial charge >= 0.3 is 0 Å². The second-order valence-corrected chi connectivity index (χ2v) is 7.55. The molecule has 0 unspecified atom stereocenters. The highest BCUT2D eigenvalue weighted by Crippen LogP contribution is 2.29. The number of rotatable bonds is 6. The summed E-state index contributed by atoms with van der Waals surface area (Å²) in [5.74, 6) is 1.21. The van der Waals surface area contributed by atoms with Gasteiger partial charge in [-0.05, 0) is 28.1 Å². The predicted molar refractivity (Wildman–Crippen MR) is 97.7 cm³/mol. The summed E-state index contributed by atoms with van der Waals surface area (Å²) < 4.78 is 30.8. The summed E-state index contributed by atoms with van der Waals surface area (Å²) in [5.41, 5.74) is 0.946. The number of benzene rings is 1. The fraction of sp³-hybridized carbons (Fsp3) is 0.0714. The second kappa shape index (κ2) is 7.07. The lowest BCUT2D eigenvalue weighted by Crippen LogP contribution is -2.11. The van der Waals surface area contributed by atoms with Gasteiger partial charge in [-0.2, -0.15) is 4.98 Å². The van der Waals surface area contributed by atoms with Gasteiger partial charge in [0.05, 0.1) is 22.1 Å². The van der Waals surface area contributed by atoms with Crippen molar-refractivity contribution < 1.29 is 12.9 Å². The maximum atomic E-state index is 11.5. The molecule has 0 fully saturated rings. The average Bonchev–Trinajstić information content (AvgIpc) is 3.04.